The zero-order valence-electron chi connectivity index (χ0n) is 18.0. The number of rotatable bonds is 6. The number of carbonyl (C=O) groups is 1. The lowest BCUT2D eigenvalue weighted by molar-refractivity contribution is -0.519. The number of aliphatic hydroxyl groups is 9. The lowest BCUT2D eigenvalue weighted by Crippen LogP contribution is -2.96. The maximum absolute atomic E-state index is 14.6. The second kappa shape index (κ2) is 8.17. The second-order valence-corrected chi connectivity index (χ2v) is 9.84. The van der Waals surface area contributed by atoms with Gasteiger partial charge in [-0.3, -0.25) is 9.52 Å². The van der Waals surface area contributed by atoms with Crippen molar-refractivity contribution >= 4 is 32.6 Å². The van der Waals surface area contributed by atoms with E-state index in [0.717, 1.165) is 12.3 Å². The van der Waals surface area contributed by atoms with Crippen molar-refractivity contribution in [2.24, 2.45) is 0 Å². The molecule has 35 heavy (non-hydrogen) atoms. The molecule has 13 nitrogen and oxygen atoms in total. The molecule has 0 heterocycles. The lowest BCUT2D eigenvalue weighted by atomic mass is 9.45. The van der Waals surface area contributed by atoms with Crippen LogP contribution in [-0.2, 0) is 11.0 Å². The van der Waals surface area contributed by atoms with Gasteiger partial charge in [-0.2, -0.15) is 0 Å². The number of hydrogen-bond donors (Lipinski definition) is 10. The Labute approximate surface area is 202 Å². The van der Waals surface area contributed by atoms with Crippen LogP contribution >= 0.6 is 0 Å². The monoisotopic (exact) mass is 517 g/mol. The molecule has 1 amide bonds. The molecule has 3 atom stereocenters. The first kappa shape index (κ1) is 27.9. The molecule has 190 valence electrons. The van der Waals surface area contributed by atoms with Gasteiger partial charge in [0.2, 0.25) is 23.0 Å². The molecule has 0 bridgehead atoms. The topological polar surface area (TPSA) is 237 Å². The molecule has 1 aromatic rings. The van der Waals surface area contributed by atoms with Gasteiger partial charge in [-0.05, 0) is 30.4 Å². The maximum atomic E-state index is 14.6. The highest BCUT2D eigenvalue weighted by Gasteiger charge is 2.86. The Bertz CT molecular complexity index is 1050. The molecule has 17 heteroatoms. The van der Waals surface area contributed by atoms with Gasteiger partial charge in [-0.25, -0.2) is 8.60 Å². The Morgan fingerprint density at radius 2 is 1.51 bits per heavy atom. The first-order valence-corrected chi connectivity index (χ1v) is 11.4. The van der Waals surface area contributed by atoms with Crippen LogP contribution in [0, 0.1) is 5.82 Å². The number of halogens is 1. The third kappa shape index (κ3) is 3.73. The number of ether oxygens (including phenoxy) is 1. The van der Waals surface area contributed by atoms with Crippen molar-refractivity contribution in [3.8, 4) is 5.75 Å². The third-order valence-corrected chi connectivity index (χ3v) is 6.79. The first-order valence-electron chi connectivity index (χ1n) is 9.87. The van der Waals surface area contributed by atoms with E-state index in [4.69, 9.17) is 20.4 Å². The van der Waals surface area contributed by atoms with Crippen molar-refractivity contribution in [3.05, 3.63) is 29.1 Å². The SMILES string of the molecule is [B]C1(O)C(O)(O)C([B])(O)C(O)(O)C(O)(COc2cc(F)c(C(=O)NS(C)=O)cc2C2CC2)C1(O)O. The highest BCUT2D eigenvalue weighted by Crippen LogP contribution is 2.54. The summed E-state index contributed by atoms with van der Waals surface area (Å²) in [5.41, 5.74) is -12.9. The van der Waals surface area contributed by atoms with Crippen LogP contribution in [0.5, 0.6) is 5.75 Å². The molecule has 10 N–H and O–H groups in total. The number of amides is 1. The molecule has 1 aromatic carbocycles. The average Bonchev–Trinajstić information content (AvgIpc) is 3.54. The van der Waals surface area contributed by atoms with E-state index in [1.165, 1.54) is 0 Å². The van der Waals surface area contributed by atoms with Crippen molar-refractivity contribution < 1.29 is 64.1 Å². The molecule has 0 spiro atoms. The molecule has 2 saturated carbocycles. The van der Waals surface area contributed by atoms with Gasteiger partial charge in [-0.15, -0.1) is 0 Å². The average molecular weight is 517 g/mol. The van der Waals surface area contributed by atoms with Crippen LogP contribution in [0.2, 0.25) is 0 Å². The molecular formula is C18H22B2FNO12S. The molecule has 2 fully saturated rings. The number of nitrogens with one attached hydrogen (secondary N) is 1. The Morgan fingerprint density at radius 1 is 1.03 bits per heavy atom. The van der Waals surface area contributed by atoms with Crippen molar-refractivity contribution in [3.63, 3.8) is 0 Å². The summed E-state index contributed by atoms with van der Waals surface area (Å²) < 4.78 is 33.1. The molecular weight excluding hydrogens is 495 g/mol. The standard InChI is InChI=1S/C18H22B2FNO12S/c1-35(33)22-12(23)9-4-8(7-2-3-7)11(5-10(9)21)34-6-13(24)16(27,28)14(19,25)18(31,32)15(20,26)17(13,29)30/h4-5,7,24-32H,2-3,6H2,1H3,(H,22,23). The molecule has 3 unspecified atom stereocenters. The zero-order chi connectivity index (χ0) is 27.0. The second-order valence-electron chi connectivity index (χ2n) is 8.73. The molecule has 0 aromatic heterocycles. The van der Waals surface area contributed by atoms with Gasteiger partial charge in [0.15, 0.2) is 0 Å². The predicted octanol–water partition coefficient (Wildman–Crippen LogP) is -5.39. The van der Waals surface area contributed by atoms with Gasteiger partial charge in [0.1, 0.15) is 55.9 Å². The summed E-state index contributed by atoms with van der Waals surface area (Å²) in [7, 11) is 8.44. The summed E-state index contributed by atoms with van der Waals surface area (Å²) in [6, 6.07) is 1.67. The minimum absolute atomic E-state index is 0.144. The summed E-state index contributed by atoms with van der Waals surface area (Å²) in [6.07, 6.45) is 2.23. The van der Waals surface area contributed by atoms with E-state index in [-0.39, 0.29) is 11.5 Å². The van der Waals surface area contributed by atoms with E-state index < -0.39 is 74.6 Å². The first-order chi connectivity index (χ1) is 15.7. The van der Waals surface area contributed by atoms with Crippen LogP contribution < -0.4 is 9.46 Å². The van der Waals surface area contributed by atoms with Gasteiger partial charge in [0.05, 0.1) is 5.56 Å². The summed E-state index contributed by atoms with van der Waals surface area (Å²) in [6.45, 7) is -1.70. The van der Waals surface area contributed by atoms with Crippen LogP contribution in [0.15, 0.2) is 12.1 Å². The third-order valence-electron chi connectivity index (χ3n) is 6.31. The molecule has 4 radical (unpaired) electrons. The lowest BCUT2D eigenvalue weighted by Gasteiger charge is -2.66. The van der Waals surface area contributed by atoms with Crippen molar-refractivity contribution in [1.29, 1.82) is 0 Å². The Morgan fingerprint density at radius 3 is 1.94 bits per heavy atom. The van der Waals surface area contributed by atoms with Crippen molar-refractivity contribution in [1.82, 2.24) is 4.72 Å². The molecule has 2 aliphatic rings. The minimum atomic E-state index is -4.46. The van der Waals surface area contributed by atoms with Crippen molar-refractivity contribution in [2.75, 3.05) is 12.9 Å². The van der Waals surface area contributed by atoms with Gasteiger partial charge >= 0.3 is 0 Å². The smallest absolute Gasteiger partial charge is 0.265 e. The van der Waals surface area contributed by atoms with Gasteiger partial charge in [0, 0.05) is 12.3 Å². The van der Waals surface area contributed by atoms with Crippen LogP contribution in [0.1, 0.15) is 34.7 Å². The fourth-order valence-corrected chi connectivity index (χ4v) is 4.17. The normalized spacial score (nSPS) is 34.1. The summed E-state index contributed by atoms with van der Waals surface area (Å²) >= 11 is 0. The highest BCUT2D eigenvalue weighted by atomic mass is 32.2. The van der Waals surface area contributed by atoms with Gasteiger partial charge in [0.25, 0.3) is 5.91 Å². The van der Waals surface area contributed by atoms with Crippen molar-refractivity contribution in [2.45, 2.75) is 52.7 Å². The van der Waals surface area contributed by atoms with Crippen LogP contribution in [0.3, 0.4) is 0 Å². The van der Waals surface area contributed by atoms with Crippen LogP contribution in [-0.4, -0.2) is 119 Å². The van der Waals surface area contributed by atoms with Gasteiger partial charge < -0.3 is 50.7 Å². The number of carbonyl (C=O) groups excluding carboxylic acids is 1. The molecule has 0 aliphatic heterocycles. The maximum Gasteiger partial charge on any atom is 0.265 e. The van der Waals surface area contributed by atoms with Crippen LogP contribution in [0.4, 0.5) is 4.39 Å². The quantitative estimate of drug-likeness (QED) is 0.126. The van der Waals surface area contributed by atoms with E-state index in [2.05, 4.69) is 0 Å². The fourth-order valence-electron chi connectivity index (χ4n) is 3.80. The fraction of sp³-hybridized carbons (Fsp3) is 0.611. The molecule has 2 aliphatic carbocycles. The van der Waals surface area contributed by atoms with E-state index in [9.17, 15) is 59.4 Å². The Kier molecular flexibility index (Phi) is 6.52. The van der Waals surface area contributed by atoms with E-state index in [1.807, 2.05) is 4.72 Å². The Balaban J connectivity index is 2.05. The van der Waals surface area contributed by atoms with Crippen LogP contribution in [0.25, 0.3) is 0 Å². The number of benzene rings is 1. The number of hydrogen-bond acceptors (Lipinski definition) is 12. The van der Waals surface area contributed by atoms with E-state index in [0.29, 0.717) is 18.9 Å². The summed E-state index contributed by atoms with van der Waals surface area (Å²) in [5.74, 6) is -16.3. The van der Waals surface area contributed by atoms with Gasteiger partial charge in [-0.1, -0.05) is 0 Å². The summed E-state index contributed by atoms with van der Waals surface area (Å²) in [5, 5.41) is 92.4. The Hall–Kier alpha value is -1.66. The zero-order valence-corrected chi connectivity index (χ0v) is 18.9. The van der Waals surface area contributed by atoms with E-state index >= 15 is 0 Å². The predicted molar refractivity (Wildman–Crippen MR) is 113 cm³/mol. The molecule has 0 saturated heterocycles. The molecule has 3 rings (SSSR count). The highest BCUT2D eigenvalue weighted by molar-refractivity contribution is 7.82. The minimum Gasteiger partial charge on any atom is -0.490 e. The largest absolute Gasteiger partial charge is 0.490 e. The summed E-state index contributed by atoms with van der Waals surface area (Å²) in [4.78, 5) is 12.1. The van der Waals surface area contributed by atoms with E-state index in [1.54, 1.807) is 0 Å².